The van der Waals surface area contributed by atoms with E-state index in [1.54, 1.807) is 0 Å². The van der Waals surface area contributed by atoms with Gasteiger partial charge in [0.25, 0.3) is 0 Å². The SMILES string of the molecule is CCC1C(O)C(CC)C1O. The minimum Gasteiger partial charge on any atom is -0.392 e. The van der Waals surface area contributed by atoms with Crippen LogP contribution in [0, 0.1) is 11.8 Å². The molecule has 1 fully saturated rings. The number of aliphatic hydroxyl groups excluding tert-OH is 2. The fourth-order valence-electron chi connectivity index (χ4n) is 1.86. The molecule has 0 atom stereocenters. The van der Waals surface area contributed by atoms with Gasteiger partial charge < -0.3 is 10.2 Å². The van der Waals surface area contributed by atoms with Gasteiger partial charge in [0.1, 0.15) is 0 Å². The molecular weight excluding hydrogens is 128 g/mol. The van der Waals surface area contributed by atoms with Crippen molar-refractivity contribution in [3.8, 4) is 0 Å². The van der Waals surface area contributed by atoms with E-state index in [4.69, 9.17) is 0 Å². The molecule has 0 aliphatic heterocycles. The second kappa shape index (κ2) is 2.89. The molecule has 0 aromatic heterocycles. The first-order chi connectivity index (χ1) is 4.72. The van der Waals surface area contributed by atoms with Crippen molar-refractivity contribution in [2.75, 3.05) is 0 Å². The number of rotatable bonds is 2. The van der Waals surface area contributed by atoms with Gasteiger partial charge in [-0.2, -0.15) is 0 Å². The molecule has 0 heterocycles. The Kier molecular flexibility index (Phi) is 2.32. The van der Waals surface area contributed by atoms with Crippen molar-refractivity contribution in [1.82, 2.24) is 0 Å². The van der Waals surface area contributed by atoms with Gasteiger partial charge in [0, 0.05) is 11.8 Å². The molecule has 1 saturated carbocycles. The number of hydrogen-bond donors (Lipinski definition) is 2. The molecule has 2 N–H and O–H groups in total. The molecule has 1 aliphatic carbocycles. The Balaban J connectivity index is 2.42. The van der Waals surface area contributed by atoms with Gasteiger partial charge in [0.05, 0.1) is 12.2 Å². The highest BCUT2D eigenvalue weighted by Crippen LogP contribution is 2.38. The van der Waals surface area contributed by atoms with Crippen molar-refractivity contribution >= 4 is 0 Å². The lowest BCUT2D eigenvalue weighted by Crippen LogP contribution is -2.54. The molecule has 0 aromatic rings. The summed E-state index contributed by atoms with van der Waals surface area (Å²) in [7, 11) is 0. The summed E-state index contributed by atoms with van der Waals surface area (Å²) >= 11 is 0. The Morgan fingerprint density at radius 2 is 1.20 bits per heavy atom. The van der Waals surface area contributed by atoms with Crippen molar-refractivity contribution in [3.63, 3.8) is 0 Å². The normalized spacial score (nSPS) is 46.8. The first-order valence-electron chi connectivity index (χ1n) is 4.08. The average Bonchev–Trinajstić information content (AvgIpc) is 1.90. The maximum absolute atomic E-state index is 9.38. The summed E-state index contributed by atoms with van der Waals surface area (Å²) in [5.74, 6) is 0.287. The minimum absolute atomic E-state index is 0.143. The Labute approximate surface area is 61.9 Å². The molecule has 2 heteroatoms. The lowest BCUT2D eigenvalue weighted by Gasteiger charge is -2.45. The predicted octanol–water partition coefficient (Wildman–Crippen LogP) is 0.774. The first-order valence-corrected chi connectivity index (χ1v) is 4.08. The summed E-state index contributed by atoms with van der Waals surface area (Å²) in [6, 6.07) is 0. The van der Waals surface area contributed by atoms with E-state index in [1.165, 1.54) is 0 Å². The van der Waals surface area contributed by atoms with E-state index in [-0.39, 0.29) is 24.0 Å². The third kappa shape index (κ3) is 0.956. The quantitative estimate of drug-likeness (QED) is 0.601. The van der Waals surface area contributed by atoms with E-state index in [0.717, 1.165) is 12.8 Å². The number of aliphatic hydroxyl groups is 2. The summed E-state index contributed by atoms with van der Waals surface area (Å²) in [6.45, 7) is 4.01. The Bertz CT molecular complexity index is 91.8. The summed E-state index contributed by atoms with van der Waals surface area (Å²) in [5, 5.41) is 18.8. The zero-order valence-corrected chi connectivity index (χ0v) is 6.62. The maximum atomic E-state index is 9.38. The van der Waals surface area contributed by atoms with Gasteiger partial charge in [-0.1, -0.05) is 13.8 Å². The Hall–Kier alpha value is -0.0800. The zero-order chi connectivity index (χ0) is 7.72. The zero-order valence-electron chi connectivity index (χ0n) is 6.62. The van der Waals surface area contributed by atoms with Crippen molar-refractivity contribution in [1.29, 1.82) is 0 Å². The molecule has 0 saturated heterocycles. The third-order valence-corrected chi connectivity index (χ3v) is 2.70. The molecule has 10 heavy (non-hydrogen) atoms. The van der Waals surface area contributed by atoms with E-state index in [9.17, 15) is 10.2 Å². The van der Waals surface area contributed by atoms with Crippen LogP contribution >= 0.6 is 0 Å². The van der Waals surface area contributed by atoms with Crippen LogP contribution in [0.2, 0.25) is 0 Å². The lowest BCUT2D eigenvalue weighted by atomic mass is 9.67. The van der Waals surface area contributed by atoms with Gasteiger partial charge in [0.15, 0.2) is 0 Å². The Morgan fingerprint density at radius 3 is 1.40 bits per heavy atom. The molecule has 0 aromatic carbocycles. The van der Waals surface area contributed by atoms with E-state index >= 15 is 0 Å². The Morgan fingerprint density at radius 1 is 0.900 bits per heavy atom. The van der Waals surface area contributed by atoms with Crippen molar-refractivity contribution in [2.24, 2.45) is 11.8 Å². The minimum atomic E-state index is -0.245. The standard InChI is InChI=1S/C8H16O2/c1-3-5-7(9)6(4-2)8(5)10/h5-10H,3-4H2,1-2H3. The second-order valence-electron chi connectivity index (χ2n) is 3.13. The largest absolute Gasteiger partial charge is 0.392 e. The van der Waals surface area contributed by atoms with E-state index < -0.39 is 0 Å². The molecule has 0 spiro atoms. The highest BCUT2D eigenvalue weighted by molar-refractivity contribution is 4.95. The molecule has 2 nitrogen and oxygen atoms in total. The van der Waals surface area contributed by atoms with Crippen LogP contribution in [0.3, 0.4) is 0 Å². The van der Waals surface area contributed by atoms with Crippen LogP contribution in [0.15, 0.2) is 0 Å². The predicted molar refractivity (Wildman–Crippen MR) is 39.6 cm³/mol. The van der Waals surface area contributed by atoms with Gasteiger partial charge in [-0.3, -0.25) is 0 Å². The maximum Gasteiger partial charge on any atom is 0.0645 e. The molecule has 0 bridgehead atoms. The highest BCUT2D eigenvalue weighted by Gasteiger charge is 2.46. The molecule has 0 radical (unpaired) electrons. The smallest absolute Gasteiger partial charge is 0.0645 e. The van der Waals surface area contributed by atoms with Gasteiger partial charge >= 0.3 is 0 Å². The van der Waals surface area contributed by atoms with Crippen LogP contribution < -0.4 is 0 Å². The monoisotopic (exact) mass is 144 g/mol. The number of hydrogen-bond acceptors (Lipinski definition) is 2. The fraction of sp³-hybridized carbons (Fsp3) is 1.00. The van der Waals surface area contributed by atoms with Crippen LogP contribution in [0.5, 0.6) is 0 Å². The first kappa shape index (κ1) is 8.02. The highest BCUT2D eigenvalue weighted by atomic mass is 16.3. The van der Waals surface area contributed by atoms with Gasteiger partial charge in [-0.25, -0.2) is 0 Å². The van der Waals surface area contributed by atoms with Crippen LogP contribution in [0.4, 0.5) is 0 Å². The lowest BCUT2D eigenvalue weighted by molar-refractivity contribution is -0.152. The third-order valence-electron chi connectivity index (χ3n) is 2.70. The fourth-order valence-corrected chi connectivity index (χ4v) is 1.86. The van der Waals surface area contributed by atoms with Crippen LogP contribution in [0.25, 0.3) is 0 Å². The van der Waals surface area contributed by atoms with Crippen molar-refractivity contribution in [3.05, 3.63) is 0 Å². The average molecular weight is 144 g/mol. The molecule has 1 aliphatic rings. The summed E-state index contributed by atoms with van der Waals surface area (Å²) in [4.78, 5) is 0. The van der Waals surface area contributed by atoms with Crippen LogP contribution in [-0.4, -0.2) is 22.4 Å². The second-order valence-corrected chi connectivity index (χ2v) is 3.13. The van der Waals surface area contributed by atoms with Crippen LogP contribution in [-0.2, 0) is 0 Å². The van der Waals surface area contributed by atoms with Crippen molar-refractivity contribution < 1.29 is 10.2 Å². The van der Waals surface area contributed by atoms with E-state index in [1.807, 2.05) is 13.8 Å². The summed E-state index contributed by atoms with van der Waals surface area (Å²) in [6.07, 6.45) is 1.28. The van der Waals surface area contributed by atoms with E-state index in [0.29, 0.717) is 0 Å². The van der Waals surface area contributed by atoms with Gasteiger partial charge in [-0.15, -0.1) is 0 Å². The molecule has 0 amide bonds. The molecule has 0 unspecified atom stereocenters. The molecule has 60 valence electrons. The summed E-state index contributed by atoms with van der Waals surface area (Å²) in [5.41, 5.74) is 0. The topological polar surface area (TPSA) is 40.5 Å². The van der Waals surface area contributed by atoms with Crippen molar-refractivity contribution in [2.45, 2.75) is 38.9 Å². The molecule has 1 rings (SSSR count). The molecular formula is C8H16O2. The van der Waals surface area contributed by atoms with Gasteiger partial charge in [0.2, 0.25) is 0 Å². The van der Waals surface area contributed by atoms with E-state index in [2.05, 4.69) is 0 Å². The summed E-state index contributed by atoms with van der Waals surface area (Å²) < 4.78 is 0. The van der Waals surface area contributed by atoms with Gasteiger partial charge in [-0.05, 0) is 12.8 Å². The van der Waals surface area contributed by atoms with Crippen LogP contribution in [0.1, 0.15) is 26.7 Å².